The van der Waals surface area contributed by atoms with Crippen LogP contribution in [0.1, 0.15) is 84.0 Å². The summed E-state index contributed by atoms with van der Waals surface area (Å²) in [5.74, 6) is -0.999. The normalized spacial score (nSPS) is 23.6. The second-order valence-electron chi connectivity index (χ2n) is 15.8. The van der Waals surface area contributed by atoms with Crippen LogP contribution in [0.15, 0.2) is 78.0 Å². The van der Waals surface area contributed by atoms with E-state index >= 15 is 4.57 Å². The zero-order valence-corrected chi connectivity index (χ0v) is 34.2. The molecule has 0 aliphatic carbocycles. The minimum absolute atomic E-state index is 0.122. The molecule has 15 heteroatoms. The molecule has 2 aromatic heterocycles. The molecule has 2 aliphatic rings. The van der Waals surface area contributed by atoms with E-state index in [9.17, 15) is 4.79 Å². The van der Waals surface area contributed by atoms with Crippen LogP contribution in [-0.4, -0.2) is 77.2 Å². The lowest BCUT2D eigenvalue weighted by molar-refractivity contribution is -0.200. The van der Waals surface area contributed by atoms with Crippen molar-refractivity contribution in [3.63, 3.8) is 0 Å². The van der Waals surface area contributed by atoms with Gasteiger partial charge in [-0.1, -0.05) is 89.4 Å². The molecule has 2 fully saturated rings. The average Bonchev–Trinajstić information content (AvgIpc) is 3.82. The summed E-state index contributed by atoms with van der Waals surface area (Å²) in [6.07, 6.45) is 4.64. The van der Waals surface area contributed by atoms with E-state index in [0.717, 1.165) is 36.8 Å². The van der Waals surface area contributed by atoms with Gasteiger partial charge in [0, 0.05) is 13.3 Å². The molecule has 0 saturated carbocycles. The highest BCUT2D eigenvalue weighted by Crippen LogP contribution is 2.51. The lowest BCUT2D eigenvalue weighted by Crippen LogP contribution is -2.43. The first kappa shape index (κ1) is 41.5. The number of unbranched alkanes of at least 4 members (excludes halogenated alkanes) is 3. The summed E-state index contributed by atoms with van der Waals surface area (Å²) in [7, 11) is -2.75. The van der Waals surface area contributed by atoms with Gasteiger partial charge in [-0.2, -0.15) is 10.2 Å². The predicted molar refractivity (Wildman–Crippen MR) is 214 cm³/mol. The molecule has 4 aromatic rings. The van der Waals surface area contributed by atoms with Crippen LogP contribution in [0.25, 0.3) is 5.52 Å². The Morgan fingerprint density at radius 3 is 2.50 bits per heavy atom. The largest absolute Gasteiger partial charge is 0.465 e. The van der Waals surface area contributed by atoms with E-state index in [4.69, 9.17) is 33.7 Å². The monoisotopic (exact) mass is 790 g/mol. The summed E-state index contributed by atoms with van der Waals surface area (Å²) >= 11 is 0. The lowest BCUT2D eigenvalue weighted by Gasteiger charge is -2.32. The third-order valence-corrected chi connectivity index (χ3v) is 11.5. The summed E-state index contributed by atoms with van der Waals surface area (Å²) in [4.78, 5) is 22.3. The summed E-state index contributed by atoms with van der Waals surface area (Å²) in [6, 6.07) is 19.3. The molecule has 0 amide bonds. The van der Waals surface area contributed by atoms with Gasteiger partial charge < -0.3 is 29.2 Å². The summed E-state index contributed by atoms with van der Waals surface area (Å²) in [5.41, 5.74) is 7.80. The second kappa shape index (κ2) is 17.1. The van der Waals surface area contributed by atoms with E-state index in [-0.39, 0.29) is 36.6 Å². The van der Waals surface area contributed by atoms with Crippen LogP contribution in [0.5, 0.6) is 5.75 Å². The predicted octanol–water partition coefficient (Wildman–Crippen LogP) is 6.95. The number of hydrogen-bond acceptors (Lipinski definition) is 12. The van der Waals surface area contributed by atoms with Crippen LogP contribution in [0.2, 0.25) is 0 Å². The van der Waals surface area contributed by atoms with E-state index in [1.165, 1.54) is 6.33 Å². The third-order valence-electron chi connectivity index (χ3n) is 9.95. The quantitative estimate of drug-likeness (QED) is 0.0489. The third kappa shape index (κ3) is 9.33. The van der Waals surface area contributed by atoms with Crippen molar-refractivity contribution in [1.82, 2.24) is 19.7 Å². The first-order valence-corrected chi connectivity index (χ1v) is 20.8. The number of nitrogens with two attached hydrogens (primary N) is 1. The van der Waals surface area contributed by atoms with Crippen LogP contribution in [-0.2, 0) is 50.3 Å². The van der Waals surface area contributed by atoms with Crippen LogP contribution < -0.4 is 15.3 Å². The number of aliphatic imine (C=N–C) groups is 1. The Bertz CT molecular complexity index is 2020. The number of anilines is 1. The first-order valence-electron chi connectivity index (χ1n) is 19.3. The molecule has 302 valence electrons. The molecule has 3 N–H and O–H groups in total. The van der Waals surface area contributed by atoms with Gasteiger partial charge in [0.2, 0.25) is 0 Å². The molecule has 6 rings (SSSR count). The van der Waals surface area contributed by atoms with E-state index in [2.05, 4.69) is 47.9 Å². The minimum atomic E-state index is -4.38. The van der Waals surface area contributed by atoms with Crippen molar-refractivity contribution in [3.8, 4) is 5.75 Å². The van der Waals surface area contributed by atoms with Crippen molar-refractivity contribution in [3.05, 3.63) is 89.9 Å². The number of nitrogens with zero attached hydrogens (tertiary/aromatic N) is 4. The number of nitrogen functional groups attached to an aromatic ring is 1. The Morgan fingerprint density at radius 1 is 1.05 bits per heavy atom. The molecular formula is C41H55N6O8P. The number of carbonyl (C=O) groups is 1. The highest BCUT2D eigenvalue weighted by molar-refractivity contribution is 7.52. The topological polar surface area (TPSA) is 170 Å². The highest BCUT2D eigenvalue weighted by atomic mass is 31.2. The molecule has 0 spiro atoms. The van der Waals surface area contributed by atoms with Gasteiger partial charge in [-0.05, 0) is 67.5 Å². The number of benzene rings is 2. The molecule has 2 aliphatic heterocycles. The van der Waals surface area contributed by atoms with Crippen molar-refractivity contribution in [2.24, 2.45) is 4.99 Å². The van der Waals surface area contributed by atoms with Crippen LogP contribution in [0.4, 0.5) is 5.82 Å². The maximum Gasteiger partial charge on any atom is 0.459 e. The molecular weight excluding hydrogens is 735 g/mol. The van der Waals surface area contributed by atoms with Gasteiger partial charge in [-0.25, -0.2) is 14.1 Å². The van der Waals surface area contributed by atoms with Gasteiger partial charge in [0.05, 0.1) is 18.9 Å². The fraction of sp³-hybridized carbons (Fsp3) is 0.512. The highest BCUT2D eigenvalue weighted by Gasteiger charge is 2.64. The minimum Gasteiger partial charge on any atom is -0.465 e. The number of aromatic nitrogens is 3. The molecule has 0 bridgehead atoms. The van der Waals surface area contributed by atoms with Crippen molar-refractivity contribution in [2.75, 3.05) is 26.0 Å². The number of hydrogen-bond donors (Lipinski definition) is 2. The molecule has 6 atom stereocenters. The van der Waals surface area contributed by atoms with Crippen molar-refractivity contribution in [2.45, 2.75) is 115 Å². The first-order chi connectivity index (χ1) is 26.7. The zero-order chi connectivity index (χ0) is 40.1. The fourth-order valence-corrected chi connectivity index (χ4v) is 8.66. The Balaban J connectivity index is 1.33. The van der Waals surface area contributed by atoms with Crippen molar-refractivity contribution >= 4 is 31.3 Å². The average molecular weight is 791 g/mol. The molecule has 14 nitrogen and oxygen atoms in total. The van der Waals surface area contributed by atoms with E-state index in [0.29, 0.717) is 11.2 Å². The van der Waals surface area contributed by atoms with Gasteiger partial charge in [0.25, 0.3) is 0 Å². The maximum absolute atomic E-state index is 15.1. The zero-order valence-electron chi connectivity index (χ0n) is 33.3. The summed E-state index contributed by atoms with van der Waals surface area (Å²) in [6.45, 7) is 12.0. The van der Waals surface area contributed by atoms with Gasteiger partial charge >= 0.3 is 13.7 Å². The number of ether oxygens (including phenoxy) is 4. The van der Waals surface area contributed by atoms with Crippen molar-refractivity contribution in [1.29, 1.82) is 0 Å². The fourth-order valence-electron chi connectivity index (χ4n) is 7.16. The maximum atomic E-state index is 15.1. The second-order valence-corrected chi connectivity index (χ2v) is 17.5. The standard InChI is InChI=1S/C41H55N6O8P/c1-8-9-10-14-23-50-38(48)31(24-28-15-12-11-13-16-28)46-56(49,55-30-19-17-29(18-20-30)39(2,3)4)51-25-33-35-36(54-40(5,6)53-35)41(52-33,26-43-7)34-22-21-32-37(42)44-27-45-47(32)34/h11-13,15-22,26-27,31,33,35-36H,8-10,14,23-25H2,1-7H3,(H,46,49)(H2,42,44,45)/t31-,33+,35+,36+,41-,56?/m0/s1. The SMILES string of the molecule is CCCCCCOC(=O)[C@H](Cc1ccccc1)NP(=O)(OC[C@H]1O[C@@](C=NC)(c2ccc3c(N)ncnn23)[C@@H]2OC(C)(C)O[C@@H]21)Oc1ccc(C(C)(C)C)cc1. The Morgan fingerprint density at radius 2 is 1.80 bits per heavy atom. The van der Waals surface area contributed by atoms with Gasteiger partial charge in [0.1, 0.15) is 41.9 Å². The molecule has 1 unspecified atom stereocenters. The molecule has 56 heavy (non-hydrogen) atoms. The van der Waals surface area contributed by atoms with Gasteiger partial charge in [-0.3, -0.25) is 14.3 Å². The van der Waals surface area contributed by atoms with Crippen molar-refractivity contribution < 1.29 is 37.4 Å². The summed E-state index contributed by atoms with van der Waals surface area (Å²) < 4.78 is 54.8. The Hall–Kier alpha value is -4.17. The molecule has 0 radical (unpaired) electrons. The number of esters is 1. The van der Waals surface area contributed by atoms with Crippen LogP contribution in [0.3, 0.4) is 0 Å². The van der Waals surface area contributed by atoms with Gasteiger partial charge in [-0.15, -0.1) is 0 Å². The molecule has 4 heterocycles. The Kier molecular flexibility index (Phi) is 12.7. The Labute approximate surface area is 329 Å². The van der Waals surface area contributed by atoms with Crippen LogP contribution in [0, 0.1) is 0 Å². The summed E-state index contributed by atoms with van der Waals surface area (Å²) in [5, 5.41) is 7.44. The van der Waals surface area contributed by atoms with Crippen LogP contribution >= 0.6 is 7.75 Å². The van der Waals surface area contributed by atoms with Gasteiger partial charge in [0.15, 0.2) is 17.2 Å². The number of fused-ring (bicyclic) bond motifs is 2. The van der Waals surface area contributed by atoms with E-state index in [1.54, 1.807) is 36.0 Å². The lowest BCUT2D eigenvalue weighted by atomic mass is 9.87. The van der Waals surface area contributed by atoms with E-state index < -0.39 is 49.5 Å². The number of carbonyl (C=O) groups excluding carboxylic acids is 1. The molecule has 2 aromatic carbocycles. The smallest absolute Gasteiger partial charge is 0.459 e. The number of nitrogens with one attached hydrogen (secondary N) is 1. The number of rotatable bonds is 17. The van der Waals surface area contributed by atoms with E-state index in [1.807, 2.05) is 62.4 Å². The molecule has 2 saturated heterocycles.